The van der Waals surface area contributed by atoms with Gasteiger partial charge in [-0.2, -0.15) is 0 Å². The van der Waals surface area contributed by atoms with Crippen molar-refractivity contribution < 1.29 is 14.6 Å². The van der Waals surface area contributed by atoms with E-state index in [2.05, 4.69) is 4.90 Å². The van der Waals surface area contributed by atoms with Crippen LogP contribution >= 0.6 is 0 Å². The van der Waals surface area contributed by atoms with E-state index in [-0.39, 0.29) is 0 Å². The zero-order chi connectivity index (χ0) is 13.5. The van der Waals surface area contributed by atoms with E-state index in [9.17, 15) is 9.90 Å². The SMILES string of the molecule is COc1ccc(N2CC3(CCCC3)C2)c(C(=O)O)c1. The minimum Gasteiger partial charge on any atom is -0.497 e. The molecule has 0 unspecified atom stereocenters. The highest BCUT2D eigenvalue weighted by Gasteiger charge is 2.45. The first-order chi connectivity index (χ1) is 9.13. The molecule has 1 N–H and O–H groups in total. The second-order valence-corrected chi connectivity index (χ2v) is 5.75. The Labute approximate surface area is 113 Å². The van der Waals surface area contributed by atoms with Crippen LogP contribution in [0, 0.1) is 5.41 Å². The first-order valence-electron chi connectivity index (χ1n) is 6.80. The highest BCUT2D eigenvalue weighted by molar-refractivity contribution is 5.95. The minimum atomic E-state index is -0.888. The first kappa shape index (κ1) is 12.3. The van der Waals surface area contributed by atoms with Crippen LogP contribution in [0.2, 0.25) is 0 Å². The third-order valence-corrected chi connectivity index (χ3v) is 4.49. The summed E-state index contributed by atoms with van der Waals surface area (Å²) >= 11 is 0. The normalized spacial score (nSPS) is 20.4. The highest BCUT2D eigenvalue weighted by Crippen LogP contribution is 2.47. The van der Waals surface area contributed by atoms with Gasteiger partial charge in [0, 0.05) is 18.5 Å². The van der Waals surface area contributed by atoms with E-state index in [4.69, 9.17) is 4.74 Å². The molecule has 1 aromatic carbocycles. The van der Waals surface area contributed by atoms with E-state index in [1.54, 1.807) is 13.2 Å². The molecule has 0 aromatic heterocycles. The number of anilines is 1. The van der Waals surface area contributed by atoms with Gasteiger partial charge in [-0.05, 0) is 31.0 Å². The van der Waals surface area contributed by atoms with Crippen LogP contribution in [0.3, 0.4) is 0 Å². The molecule has 0 amide bonds. The average molecular weight is 261 g/mol. The van der Waals surface area contributed by atoms with Gasteiger partial charge in [-0.3, -0.25) is 0 Å². The lowest BCUT2D eigenvalue weighted by molar-refractivity contribution is 0.0696. The van der Waals surface area contributed by atoms with Gasteiger partial charge < -0.3 is 14.7 Å². The van der Waals surface area contributed by atoms with Gasteiger partial charge in [0.1, 0.15) is 5.75 Å². The van der Waals surface area contributed by atoms with Gasteiger partial charge in [-0.1, -0.05) is 12.8 Å². The number of hydrogen-bond acceptors (Lipinski definition) is 3. The predicted molar refractivity (Wildman–Crippen MR) is 73.1 cm³/mol. The molecule has 4 nitrogen and oxygen atoms in total. The molecule has 4 heteroatoms. The third kappa shape index (κ3) is 2.05. The van der Waals surface area contributed by atoms with Crippen molar-refractivity contribution in [1.29, 1.82) is 0 Å². The smallest absolute Gasteiger partial charge is 0.337 e. The fourth-order valence-electron chi connectivity index (χ4n) is 3.46. The number of carboxylic acid groups (broad SMARTS) is 1. The molecule has 1 aromatic rings. The van der Waals surface area contributed by atoms with Crippen molar-refractivity contribution in [2.24, 2.45) is 5.41 Å². The van der Waals surface area contributed by atoms with E-state index >= 15 is 0 Å². The summed E-state index contributed by atoms with van der Waals surface area (Å²) in [5, 5.41) is 9.33. The quantitative estimate of drug-likeness (QED) is 0.909. The fraction of sp³-hybridized carbons (Fsp3) is 0.533. The number of nitrogens with zero attached hydrogens (tertiary/aromatic N) is 1. The molecule has 0 bridgehead atoms. The largest absolute Gasteiger partial charge is 0.497 e. The van der Waals surface area contributed by atoms with E-state index < -0.39 is 5.97 Å². The Morgan fingerprint density at radius 2 is 2.00 bits per heavy atom. The summed E-state index contributed by atoms with van der Waals surface area (Å²) in [6.45, 7) is 2.00. The molecule has 102 valence electrons. The van der Waals surface area contributed by atoms with Crippen LogP contribution in [0.5, 0.6) is 5.75 Å². The second kappa shape index (κ2) is 4.44. The molecular formula is C15H19NO3. The van der Waals surface area contributed by atoms with E-state index in [0.717, 1.165) is 18.8 Å². The monoisotopic (exact) mass is 261 g/mol. The second-order valence-electron chi connectivity index (χ2n) is 5.75. The summed E-state index contributed by atoms with van der Waals surface area (Å²) < 4.78 is 5.10. The number of methoxy groups -OCH3 is 1. The van der Waals surface area contributed by atoms with Crippen LogP contribution < -0.4 is 9.64 Å². The number of aromatic carboxylic acids is 1. The standard InChI is InChI=1S/C15H19NO3/c1-19-11-4-5-13(12(8-11)14(17)18)16-9-15(10-16)6-2-3-7-15/h4-5,8H,2-3,6-7,9-10H2,1H3,(H,17,18). The maximum atomic E-state index is 11.4. The summed E-state index contributed by atoms with van der Waals surface area (Å²) in [6, 6.07) is 5.31. The van der Waals surface area contributed by atoms with Crippen LogP contribution in [-0.4, -0.2) is 31.3 Å². The predicted octanol–water partition coefficient (Wildman–Crippen LogP) is 2.77. The molecule has 1 saturated heterocycles. The molecule has 2 aliphatic rings. The molecule has 2 fully saturated rings. The lowest BCUT2D eigenvalue weighted by Gasteiger charge is -2.50. The Morgan fingerprint density at radius 3 is 2.58 bits per heavy atom. The summed E-state index contributed by atoms with van der Waals surface area (Å²) in [6.07, 6.45) is 5.23. The van der Waals surface area contributed by atoms with Crippen molar-refractivity contribution in [3.8, 4) is 5.75 Å². The van der Waals surface area contributed by atoms with Crippen molar-refractivity contribution in [1.82, 2.24) is 0 Å². The van der Waals surface area contributed by atoms with E-state index in [0.29, 0.717) is 16.7 Å². The van der Waals surface area contributed by atoms with Gasteiger partial charge in [-0.15, -0.1) is 0 Å². The Balaban J connectivity index is 1.83. The lowest BCUT2D eigenvalue weighted by atomic mass is 9.78. The Kier molecular flexibility index (Phi) is 2.88. The number of rotatable bonds is 3. The van der Waals surface area contributed by atoms with Crippen molar-refractivity contribution >= 4 is 11.7 Å². The van der Waals surface area contributed by atoms with Crippen molar-refractivity contribution in [2.45, 2.75) is 25.7 Å². The van der Waals surface area contributed by atoms with Gasteiger partial charge in [-0.25, -0.2) is 4.79 Å². The molecule has 1 heterocycles. The third-order valence-electron chi connectivity index (χ3n) is 4.49. The van der Waals surface area contributed by atoms with Crippen molar-refractivity contribution in [3.05, 3.63) is 23.8 Å². The van der Waals surface area contributed by atoms with Gasteiger partial charge in [0.25, 0.3) is 0 Å². The zero-order valence-corrected chi connectivity index (χ0v) is 11.2. The van der Waals surface area contributed by atoms with Crippen LogP contribution in [-0.2, 0) is 0 Å². The maximum absolute atomic E-state index is 11.4. The van der Waals surface area contributed by atoms with E-state index in [1.165, 1.54) is 25.7 Å². The van der Waals surface area contributed by atoms with Crippen molar-refractivity contribution in [3.63, 3.8) is 0 Å². The number of hydrogen-bond donors (Lipinski definition) is 1. The fourth-order valence-corrected chi connectivity index (χ4v) is 3.46. The van der Waals surface area contributed by atoms with Gasteiger partial charge >= 0.3 is 5.97 Å². The molecule has 1 spiro atoms. The molecule has 19 heavy (non-hydrogen) atoms. The van der Waals surface area contributed by atoms with E-state index in [1.807, 2.05) is 12.1 Å². The summed E-state index contributed by atoms with van der Waals surface area (Å²) in [4.78, 5) is 13.6. The molecule has 0 radical (unpaired) electrons. The molecule has 3 rings (SSSR count). The first-order valence-corrected chi connectivity index (χ1v) is 6.80. The summed E-state index contributed by atoms with van der Waals surface area (Å²) in [5.74, 6) is -0.293. The number of benzene rings is 1. The number of ether oxygens (including phenoxy) is 1. The molecule has 1 aliphatic carbocycles. The Hall–Kier alpha value is -1.71. The maximum Gasteiger partial charge on any atom is 0.337 e. The average Bonchev–Trinajstić information content (AvgIpc) is 2.85. The van der Waals surface area contributed by atoms with Gasteiger partial charge in [0.15, 0.2) is 0 Å². The van der Waals surface area contributed by atoms with Crippen molar-refractivity contribution in [2.75, 3.05) is 25.1 Å². The van der Waals surface area contributed by atoms with Crippen LogP contribution in [0.1, 0.15) is 36.0 Å². The molecule has 1 saturated carbocycles. The highest BCUT2D eigenvalue weighted by atomic mass is 16.5. The summed E-state index contributed by atoms with van der Waals surface area (Å²) in [5.41, 5.74) is 1.63. The van der Waals surface area contributed by atoms with Crippen LogP contribution in [0.25, 0.3) is 0 Å². The van der Waals surface area contributed by atoms with Gasteiger partial charge in [0.2, 0.25) is 0 Å². The molecule has 1 aliphatic heterocycles. The summed E-state index contributed by atoms with van der Waals surface area (Å²) in [7, 11) is 1.55. The zero-order valence-electron chi connectivity index (χ0n) is 11.2. The topological polar surface area (TPSA) is 49.8 Å². The number of carbonyl (C=O) groups is 1. The molecular weight excluding hydrogens is 242 g/mol. The van der Waals surface area contributed by atoms with Crippen LogP contribution in [0.4, 0.5) is 5.69 Å². The van der Waals surface area contributed by atoms with Crippen LogP contribution in [0.15, 0.2) is 18.2 Å². The van der Waals surface area contributed by atoms with Gasteiger partial charge in [0.05, 0.1) is 18.4 Å². The minimum absolute atomic E-state index is 0.340. The Morgan fingerprint density at radius 1 is 1.32 bits per heavy atom. The molecule has 0 atom stereocenters. The Bertz CT molecular complexity index is 498. The lowest BCUT2D eigenvalue weighted by Crippen LogP contribution is -2.55. The number of carboxylic acids is 1.